The Bertz CT molecular complexity index is 968. The Morgan fingerprint density at radius 2 is 1.76 bits per heavy atom. The Balaban J connectivity index is 1.77. The van der Waals surface area contributed by atoms with Crippen LogP contribution in [0.15, 0.2) is 47.4 Å². The maximum absolute atomic E-state index is 12.9. The van der Waals surface area contributed by atoms with E-state index < -0.39 is 10.0 Å². The van der Waals surface area contributed by atoms with Gasteiger partial charge in [-0.15, -0.1) is 0 Å². The Kier molecular flexibility index (Phi) is 6.41. The van der Waals surface area contributed by atoms with Crippen LogP contribution in [0.3, 0.4) is 0 Å². The molecule has 1 amide bonds. The van der Waals surface area contributed by atoms with E-state index >= 15 is 0 Å². The smallest absolute Gasteiger partial charge is 0.265 e. The predicted octanol–water partition coefficient (Wildman–Crippen LogP) is 0.280. The molecule has 9 heteroatoms. The van der Waals surface area contributed by atoms with Crippen molar-refractivity contribution in [2.45, 2.75) is 11.8 Å². The first-order chi connectivity index (χ1) is 13.8. The number of hydrazine groups is 1. The molecule has 3 rings (SSSR count). The SMILES string of the molecule is COc1ccc(NS(=O)(=O)c2cc(C(=O)NN3CC[NH+](C)CC3)ccc2C)cc1. The third kappa shape index (κ3) is 5.26. The van der Waals surface area contributed by atoms with Crippen molar-refractivity contribution >= 4 is 21.6 Å². The lowest BCUT2D eigenvalue weighted by Crippen LogP contribution is -3.12. The standard InChI is InChI=1S/C20H26N4O4S/c1-15-4-5-16(20(25)21-24-12-10-23(2)11-13-24)14-19(15)29(26,27)22-17-6-8-18(28-3)9-7-17/h4-9,14,22H,10-13H2,1-3H3,(H,21,25)/p+1. The van der Waals surface area contributed by atoms with Crippen LogP contribution < -0.4 is 19.8 Å². The van der Waals surface area contributed by atoms with E-state index in [1.54, 1.807) is 50.4 Å². The number of ether oxygens (including phenoxy) is 1. The molecule has 0 bridgehead atoms. The average molecular weight is 420 g/mol. The van der Waals surface area contributed by atoms with E-state index in [1.807, 2.05) is 5.01 Å². The van der Waals surface area contributed by atoms with Gasteiger partial charge in [-0.25, -0.2) is 13.4 Å². The zero-order valence-corrected chi connectivity index (χ0v) is 17.7. The largest absolute Gasteiger partial charge is 0.497 e. The number of aryl methyl sites for hydroxylation is 1. The second-order valence-electron chi connectivity index (χ2n) is 7.20. The minimum Gasteiger partial charge on any atom is -0.497 e. The van der Waals surface area contributed by atoms with Crippen LogP contribution >= 0.6 is 0 Å². The summed E-state index contributed by atoms with van der Waals surface area (Å²) >= 11 is 0. The molecule has 0 saturated carbocycles. The van der Waals surface area contributed by atoms with Crippen LogP contribution in [0.25, 0.3) is 0 Å². The number of likely N-dealkylation sites (N-methyl/N-ethyl adjacent to an activating group) is 1. The summed E-state index contributed by atoms with van der Waals surface area (Å²) in [4.78, 5) is 14.1. The second kappa shape index (κ2) is 8.81. The number of anilines is 1. The molecular formula is C20H27N4O4S+. The van der Waals surface area contributed by atoms with Gasteiger partial charge in [0.15, 0.2) is 0 Å². The summed E-state index contributed by atoms with van der Waals surface area (Å²) < 4.78 is 33.4. The van der Waals surface area contributed by atoms with Crippen molar-refractivity contribution in [2.24, 2.45) is 0 Å². The molecule has 1 fully saturated rings. The number of benzene rings is 2. The number of hydrogen-bond donors (Lipinski definition) is 3. The highest BCUT2D eigenvalue weighted by Crippen LogP contribution is 2.22. The van der Waals surface area contributed by atoms with Crippen molar-refractivity contribution in [1.82, 2.24) is 10.4 Å². The minimum absolute atomic E-state index is 0.0730. The number of carbonyl (C=O) groups is 1. The Morgan fingerprint density at radius 1 is 1.10 bits per heavy atom. The molecule has 1 aliphatic rings. The fraction of sp³-hybridized carbons (Fsp3) is 0.350. The van der Waals surface area contributed by atoms with Crippen LogP contribution in [0.4, 0.5) is 5.69 Å². The molecule has 2 aromatic rings. The van der Waals surface area contributed by atoms with Gasteiger partial charge < -0.3 is 9.64 Å². The highest BCUT2D eigenvalue weighted by Gasteiger charge is 2.22. The molecule has 3 N–H and O–H groups in total. The number of hydrogen-bond acceptors (Lipinski definition) is 5. The number of sulfonamides is 1. The van der Waals surface area contributed by atoms with Crippen molar-refractivity contribution in [3.8, 4) is 5.75 Å². The van der Waals surface area contributed by atoms with E-state index in [0.717, 1.165) is 26.2 Å². The first-order valence-corrected chi connectivity index (χ1v) is 10.9. The summed E-state index contributed by atoms with van der Waals surface area (Å²) in [7, 11) is -0.187. The lowest BCUT2D eigenvalue weighted by atomic mass is 10.1. The number of nitrogens with one attached hydrogen (secondary N) is 3. The van der Waals surface area contributed by atoms with Crippen LogP contribution in [-0.4, -0.2) is 59.7 Å². The summed E-state index contributed by atoms with van der Waals surface area (Å²) in [6.45, 7) is 5.11. The molecule has 156 valence electrons. The van der Waals surface area contributed by atoms with Gasteiger partial charge in [0.2, 0.25) is 0 Å². The van der Waals surface area contributed by atoms with Gasteiger partial charge in [-0.05, 0) is 48.9 Å². The molecule has 1 saturated heterocycles. The highest BCUT2D eigenvalue weighted by molar-refractivity contribution is 7.92. The van der Waals surface area contributed by atoms with Gasteiger partial charge in [0.25, 0.3) is 15.9 Å². The van der Waals surface area contributed by atoms with E-state index in [0.29, 0.717) is 22.6 Å². The predicted molar refractivity (Wildman–Crippen MR) is 111 cm³/mol. The number of rotatable bonds is 6. The van der Waals surface area contributed by atoms with Gasteiger partial charge in [-0.2, -0.15) is 0 Å². The molecule has 0 atom stereocenters. The number of quaternary nitrogens is 1. The van der Waals surface area contributed by atoms with Gasteiger partial charge in [0.1, 0.15) is 5.75 Å². The number of amides is 1. The van der Waals surface area contributed by atoms with Crippen LogP contribution in [0.1, 0.15) is 15.9 Å². The molecule has 0 aliphatic carbocycles. The van der Waals surface area contributed by atoms with Gasteiger partial charge in [-0.1, -0.05) is 6.07 Å². The number of piperazine rings is 1. The monoisotopic (exact) mass is 419 g/mol. The maximum Gasteiger partial charge on any atom is 0.265 e. The van der Waals surface area contributed by atoms with Crippen LogP contribution in [0.2, 0.25) is 0 Å². The van der Waals surface area contributed by atoms with Crippen molar-refractivity contribution in [1.29, 1.82) is 0 Å². The highest BCUT2D eigenvalue weighted by atomic mass is 32.2. The molecule has 1 heterocycles. The Morgan fingerprint density at radius 3 is 2.38 bits per heavy atom. The van der Waals surface area contributed by atoms with Crippen LogP contribution in [-0.2, 0) is 10.0 Å². The number of carbonyl (C=O) groups excluding carboxylic acids is 1. The molecular weight excluding hydrogens is 392 g/mol. The summed E-state index contributed by atoms with van der Waals surface area (Å²) in [5.41, 5.74) is 4.15. The Hall–Kier alpha value is -2.62. The van der Waals surface area contributed by atoms with E-state index in [2.05, 4.69) is 17.2 Å². The van der Waals surface area contributed by atoms with E-state index in [4.69, 9.17) is 4.74 Å². The second-order valence-corrected chi connectivity index (χ2v) is 8.85. The van der Waals surface area contributed by atoms with Crippen LogP contribution in [0.5, 0.6) is 5.75 Å². The lowest BCUT2D eigenvalue weighted by molar-refractivity contribution is -0.884. The van der Waals surface area contributed by atoms with Crippen LogP contribution in [0, 0.1) is 6.92 Å². The Labute approximate surface area is 171 Å². The van der Waals surface area contributed by atoms with Crippen molar-refractivity contribution in [3.05, 3.63) is 53.6 Å². The van der Waals surface area contributed by atoms with Gasteiger partial charge in [0.05, 0.1) is 45.2 Å². The molecule has 0 unspecified atom stereocenters. The maximum atomic E-state index is 12.9. The topological polar surface area (TPSA) is 92.2 Å². The summed E-state index contributed by atoms with van der Waals surface area (Å²) in [6.07, 6.45) is 0. The molecule has 0 radical (unpaired) electrons. The van der Waals surface area contributed by atoms with Gasteiger partial charge in [-0.3, -0.25) is 14.9 Å². The third-order valence-corrected chi connectivity index (χ3v) is 6.48. The first kappa shape index (κ1) is 21.1. The summed E-state index contributed by atoms with van der Waals surface area (Å²) in [6, 6.07) is 11.3. The van der Waals surface area contributed by atoms with E-state index in [1.165, 1.54) is 11.0 Å². The summed E-state index contributed by atoms with van der Waals surface area (Å²) in [5.74, 6) is 0.318. The number of nitrogens with zero attached hydrogens (tertiary/aromatic N) is 1. The quantitative estimate of drug-likeness (QED) is 0.626. The zero-order chi connectivity index (χ0) is 21.0. The van der Waals surface area contributed by atoms with E-state index in [-0.39, 0.29) is 10.8 Å². The van der Waals surface area contributed by atoms with Crippen molar-refractivity contribution in [3.63, 3.8) is 0 Å². The minimum atomic E-state index is -3.85. The van der Waals surface area contributed by atoms with Gasteiger partial charge >= 0.3 is 0 Å². The average Bonchev–Trinajstić information content (AvgIpc) is 2.70. The zero-order valence-electron chi connectivity index (χ0n) is 16.9. The molecule has 2 aromatic carbocycles. The first-order valence-electron chi connectivity index (χ1n) is 9.43. The third-order valence-electron chi connectivity index (χ3n) is 4.96. The normalized spacial score (nSPS) is 15.7. The van der Waals surface area contributed by atoms with Crippen molar-refractivity contribution in [2.75, 3.05) is 45.1 Å². The van der Waals surface area contributed by atoms with Gasteiger partial charge in [0, 0.05) is 11.3 Å². The fourth-order valence-corrected chi connectivity index (χ4v) is 4.44. The number of methoxy groups -OCH3 is 1. The molecule has 29 heavy (non-hydrogen) atoms. The molecule has 0 spiro atoms. The van der Waals surface area contributed by atoms with E-state index in [9.17, 15) is 13.2 Å². The molecule has 8 nitrogen and oxygen atoms in total. The molecule has 1 aliphatic heterocycles. The summed E-state index contributed by atoms with van der Waals surface area (Å²) in [5, 5.41) is 1.87. The molecule has 0 aromatic heterocycles. The van der Waals surface area contributed by atoms with Crippen molar-refractivity contribution < 1.29 is 22.8 Å². The lowest BCUT2D eigenvalue weighted by Gasteiger charge is -2.30. The fourth-order valence-electron chi connectivity index (χ4n) is 3.11.